The Morgan fingerprint density at radius 2 is 2.17 bits per heavy atom. The van der Waals surface area contributed by atoms with Crippen LogP contribution in [-0.2, 0) is 21.4 Å². The van der Waals surface area contributed by atoms with Gasteiger partial charge in [0.1, 0.15) is 0 Å². The van der Waals surface area contributed by atoms with Gasteiger partial charge < -0.3 is 5.11 Å². The lowest BCUT2D eigenvalue weighted by atomic mass is 10.2. The van der Waals surface area contributed by atoms with Crippen LogP contribution in [0.3, 0.4) is 0 Å². The molecular weight excluding hydrogens is 256 g/mol. The van der Waals surface area contributed by atoms with Crippen molar-refractivity contribution in [1.82, 2.24) is 9.29 Å². The third-order valence-electron chi connectivity index (χ3n) is 2.30. The van der Waals surface area contributed by atoms with Crippen LogP contribution in [0.2, 0.25) is 0 Å². The molecule has 1 aromatic rings. The molecular formula is C11H16N2O4S. The van der Waals surface area contributed by atoms with Gasteiger partial charge in [-0.05, 0) is 25.5 Å². The van der Waals surface area contributed by atoms with Crippen molar-refractivity contribution in [3.05, 3.63) is 30.1 Å². The van der Waals surface area contributed by atoms with Crippen LogP contribution in [0.4, 0.5) is 0 Å². The molecule has 1 rings (SSSR count). The minimum atomic E-state index is -3.81. The lowest BCUT2D eigenvalue weighted by molar-refractivity contribution is -0.134. The first-order valence-electron chi connectivity index (χ1n) is 5.43. The topological polar surface area (TPSA) is 87.6 Å². The Morgan fingerprint density at radius 3 is 2.61 bits per heavy atom. The first kappa shape index (κ1) is 14.6. The van der Waals surface area contributed by atoms with E-state index in [4.69, 9.17) is 5.11 Å². The van der Waals surface area contributed by atoms with Crippen LogP contribution in [0.5, 0.6) is 0 Å². The van der Waals surface area contributed by atoms with E-state index in [1.807, 2.05) is 0 Å². The molecule has 0 saturated heterocycles. The zero-order valence-electron chi connectivity index (χ0n) is 10.3. The number of pyridine rings is 1. The molecule has 0 unspecified atom stereocenters. The SMILES string of the molecule is CC(C)N(Cc1cccnc1)S(=O)(=O)CC(=O)O. The smallest absolute Gasteiger partial charge is 0.320 e. The Hall–Kier alpha value is -1.47. The van der Waals surface area contributed by atoms with Gasteiger partial charge in [-0.2, -0.15) is 4.31 Å². The molecule has 0 aliphatic rings. The molecule has 0 atom stereocenters. The largest absolute Gasteiger partial charge is 0.480 e. The predicted octanol–water partition coefficient (Wildman–Crippen LogP) is 0.706. The van der Waals surface area contributed by atoms with Crippen molar-refractivity contribution in [3.8, 4) is 0 Å². The zero-order valence-corrected chi connectivity index (χ0v) is 11.1. The Kier molecular flexibility index (Phi) is 4.80. The quantitative estimate of drug-likeness (QED) is 0.824. The molecule has 7 heteroatoms. The highest BCUT2D eigenvalue weighted by Crippen LogP contribution is 2.13. The maximum Gasteiger partial charge on any atom is 0.320 e. The van der Waals surface area contributed by atoms with Gasteiger partial charge in [0, 0.05) is 25.0 Å². The van der Waals surface area contributed by atoms with Crippen molar-refractivity contribution >= 4 is 16.0 Å². The summed E-state index contributed by atoms with van der Waals surface area (Å²) < 4.78 is 25.0. The van der Waals surface area contributed by atoms with Gasteiger partial charge in [0.25, 0.3) is 0 Å². The van der Waals surface area contributed by atoms with E-state index in [0.29, 0.717) is 0 Å². The Balaban J connectivity index is 2.94. The summed E-state index contributed by atoms with van der Waals surface area (Å²) in [5.41, 5.74) is 0.722. The van der Waals surface area contributed by atoms with E-state index in [-0.39, 0.29) is 12.6 Å². The average molecular weight is 272 g/mol. The average Bonchev–Trinajstić information content (AvgIpc) is 2.25. The molecule has 0 spiro atoms. The van der Waals surface area contributed by atoms with Crippen LogP contribution in [0.15, 0.2) is 24.5 Å². The summed E-state index contributed by atoms with van der Waals surface area (Å²) in [5.74, 6) is -2.25. The Morgan fingerprint density at radius 1 is 1.50 bits per heavy atom. The van der Waals surface area contributed by atoms with E-state index in [2.05, 4.69) is 4.98 Å². The van der Waals surface area contributed by atoms with Crippen LogP contribution in [0, 0.1) is 0 Å². The number of hydrogen-bond donors (Lipinski definition) is 1. The monoisotopic (exact) mass is 272 g/mol. The predicted molar refractivity (Wildman–Crippen MR) is 66.3 cm³/mol. The lowest BCUT2D eigenvalue weighted by Crippen LogP contribution is -2.39. The zero-order chi connectivity index (χ0) is 13.8. The molecule has 0 aromatic carbocycles. The molecule has 1 aromatic heterocycles. The summed E-state index contributed by atoms with van der Waals surface area (Å²) in [6.07, 6.45) is 3.15. The number of aromatic nitrogens is 1. The Labute approximate surface area is 106 Å². The summed E-state index contributed by atoms with van der Waals surface area (Å²) in [6.45, 7) is 3.53. The molecule has 18 heavy (non-hydrogen) atoms. The summed E-state index contributed by atoms with van der Waals surface area (Å²) in [5, 5.41) is 8.63. The number of sulfonamides is 1. The highest BCUT2D eigenvalue weighted by atomic mass is 32.2. The van der Waals surface area contributed by atoms with Gasteiger partial charge >= 0.3 is 5.97 Å². The van der Waals surface area contributed by atoms with Crippen molar-refractivity contribution in [2.45, 2.75) is 26.4 Å². The highest BCUT2D eigenvalue weighted by Gasteiger charge is 2.27. The molecule has 0 bridgehead atoms. The number of carboxylic acid groups (broad SMARTS) is 1. The van der Waals surface area contributed by atoms with Gasteiger partial charge in [0.05, 0.1) is 0 Å². The van der Waals surface area contributed by atoms with Crippen LogP contribution in [0.1, 0.15) is 19.4 Å². The van der Waals surface area contributed by atoms with Crippen LogP contribution in [0.25, 0.3) is 0 Å². The van der Waals surface area contributed by atoms with E-state index in [1.165, 1.54) is 0 Å². The van der Waals surface area contributed by atoms with E-state index >= 15 is 0 Å². The number of nitrogens with zero attached hydrogens (tertiary/aromatic N) is 2. The van der Waals surface area contributed by atoms with Crippen molar-refractivity contribution in [3.63, 3.8) is 0 Å². The Bertz CT molecular complexity index is 499. The van der Waals surface area contributed by atoms with Crippen molar-refractivity contribution < 1.29 is 18.3 Å². The van der Waals surface area contributed by atoms with Gasteiger partial charge in [-0.1, -0.05) is 6.07 Å². The van der Waals surface area contributed by atoms with Gasteiger partial charge in [-0.15, -0.1) is 0 Å². The number of aliphatic carboxylic acids is 1. The van der Waals surface area contributed by atoms with Crippen LogP contribution in [-0.4, -0.2) is 40.6 Å². The van der Waals surface area contributed by atoms with Crippen LogP contribution >= 0.6 is 0 Å². The van der Waals surface area contributed by atoms with E-state index in [9.17, 15) is 13.2 Å². The second-order valence-corrected chi connectivity index (χ2v) is 6.07. The molecule has 0 saturated carbocycles. The number of carbonyl (C=O) groups is 1. The first-order chi connectivity index (χ1) is 8.33. The van der Waals surface area contributed by atoms with Crippen molar-refractivity contribution in [2.75, 3.05) is 5.75 Å². The van der Waals surface area contributed by atoms with Gasteiger partial charge in [0.2, 0.25) is 10.0 Å². The van der Waals surface area contributed by atoms with Crippen molar-refractivity contribution in [2.24, 2.45) is 0 Å². The standard InChI is InChI=1S/C11H16N2O4S/c1-9(2)13(18(16,17)8-11(14)15)7-10-4-3-5-12-6-10/h3-6,9H,7-8H2,1-2H3,(H,14,15). The molecule has 1 N–H and O–H groups in total. The fourth-order valence-electron chi connectivity index (χ4n) is 1.51. The third-order valence-corrected chi connectivity index (χ3v) is 4.18. The highest BCUT2D eigenvalue weighted by molar-refractivity contribution is 7.89. The molecule has 0 aliphatic heterocycles. The fourth-order valence-corrected chi connectivity index (χ4v) is 2.98. The van der Waals surface area contributed by atoms with Gasteiger partial charge in [-0.3, -0.25) is 9.78 Å². The van der Waals surface area contributed by atoms with Crippen molar-refractivity contribution in [1.29, 1.82) is 0 Å². The molecule has 0 radical (unpaired) electrons. The summed E-state index contributed by atoms with van der Waals surface area (Å²) >= 11 is 0. The minimum absolute atomic E-state index is 0.126. The summed E-state index contributed by atoms with van der Waals surface area (Å²) in [6, 6.07) is 3.14. The van der Waals surface area contributed by atoms with E-state index in [0.717, 1.165) is 9.87 Å². The maximum absolute atomic E-state index is 11.9. The molecule has 100 valence electrons. The molecule has 0 fully saturated rings. The second kappa shape index (κ2) is 5.92. The number of rotatable bonds is 6. The van der Waals surface area contributed by atoms with Gasteiger partial charge in [-0.25, -0.2) is 8.42 Å². The van der Waals surface area contributed by atoms with E-state index < -0.39 is 21.7 Å². The fraction of sp³-hybridized carbons (Fsp3) is 0.455. The first-order valence-corrected chi connectivity index (χ1v) is 7.04. The minimum Gasteiger partial charge on any atom is -0.480 e. The maximum atomic E-state index is 11.9. The molecule has 0 amide bonds. The van der Waals surface area contributed by atoms with Crippen LogP contribution < -0.4 is 0 Å². The third kappa shape index (κ3) is 4.08. The van der Waals surface area contributed by atoms with E-state index in [1.54, 1.807) is 38.4 Å². The number of hydrogen-bond acceptors (Lipinski definition) is 4. The molecule has 1 heterocycles. The summed E-state index contributed by atoms with van der Waals surface area (Å²) in [7, 11) is -3.81. The molecule has 6 nitrogen and oxygen atoms in total. The van der Waals surface area contributed by atoms with Gasteiger partial charge in [0.15, 0.2) is 5.75 Å². The number of carboxylic acids is 1. The molecule has 0 aliphatic carbocycles. The lowest BCUT2D eigenvalue weighted by Gasteiger charge is -2.25. The second-order valence-electron chi connectivity index (χ2n) is 4.15. The summed E-state index contributed by atoms with van der Waals surface area (Å²) in [4.78, 5) is 14.5. The normalized spacial score (nSPS) is 12.0.